The molecule has 0 aliphatic heterocycles. The molecule has 0 heterocycles. The number of nitrogens with one attached hydrogen (secondary N) is 2. The van der Waals surface area contributed by atoms with Gasteiger partial charge in [0.15, 0.2) is 5.78 Å². The Kier molecular flexibility index (Phi) is 7.01. The van der Waals surface area contributed by atoms with Crippen LogP contribution in [0.4, 0.5) is 0 Å². The van der Waals surface area contributed by atoms with Crippen LogP contribution in [0, 0.1) is 5.92 Å². The van der Waals surface area contributed by atoms with E-state index in [9.17, 15) is 14.7 Å². The molecule has 6 heteroatoms. The SMILES string of the molecule is CC(=O)[C@H](Cc1ccc(O)cc1)NC(=O)[C@H](CC(C)C)NN. The lowest BCUT2D eigenvalue weighted by Crippen LogP contribution is -2.52. The molecule has 1 rings (SSSR count). The first-order valence-corrected chi connectivity index (χ1v) is 7.38. The minimum absolute atomic E-state index is 0.123. The predicted molar refractivity (Wildman–Crippen MR) is 85.0 cm³/mol. The van der Waals surface area contributed by atoms with Crippen LogP contribution >= 0.6 is 0 Å². The van der Waals surface area contributed by atoms with Gasteiger partial charge in [-0.2, -0.15) is 0 Å². The van der Waals surface area contributed by atoms with Gasteiger partial charge in [0, 0.05) is 0 Å². The Morgan fingerprint density at radius 2 is 1.77 bits per heavy atom. The van der Waals surface area contributed by atoms with E-state index in [1.54, 1.807) is 24.3 Å². The summed E-state index contributed by atoms with van der Waals surface area (Å²) in [6.07, 6.45) is 0.965. The van der Waals surface area contributed by atoms with Crippen molar-refractivity contribution in [3.8, 4) is 5.75 Å². The summed E-state index contributed by atoms with van der Waals surface area (Å²) in [6, 6.07) is 5.42. The van der Waals surface area contributed by atoms with Crippen molar-refractivity contribution in [2.45, 2.75) is 45.7 Å². The number of carbonyl (C=O) groups is 2. The topological polar surface area (TPSA) is 104 Å². The van der Waals surface area contributed by atoms with E-state index in [0.29, 0.717) is 18.8 Å². The molecule has 1 aromatic carbocycles. The van der Waals surface area contributed by atoms with Crippen LogP contribution in [0.5, 0.6) is 5.75 Å². The fraction of sp³-hybridized carbons (Fsp3) is 0.500. The van der Waals surface area contributed by atoms with Crippen molar-refractivity contribution in [1.29, 1.82) is 0 Å². The normalized spacial score (nSPS) is 13.7. The van der Waals surface area contributed by atoms with Crippen molar-refractivity contribution in [2.75, 3.05) is 0 Å². The standard InChI is InChI=1S/C16H25N3O3/c1-10(2)8-15(19-17)16(22)18-14(11(3)20)9-12-4-6-13(21)7-5-12/h4-7,10,14-15,19,21H,8-9,17H2,1-3H3,(H,18,22)/t14-,15-/m0/s1. The molecule has 5 N–H and O–H groups in total. The van der Waals surface area contributed by atoms with E-state index in [1.165, 1.54) is 6.92 Å². The smallest absolute Gasteiger partial charge is 0.239 e. The van der Waals surface area contributed by atoms with Gasteiger partial charge in [0.05, 0.1) is 12.1 Å². The number of nitrogens with two attached hydrogens (primary N) is 1. The van der Waals surface area contributed by atoms with Crippen LogP contribution in [0.3, 0.4) is 0 Å². The van der Waals surface area contributed by atoms with Gasteiger partial charge in [0.2, 0.25) is 5.91 Å². The maximum atomic E-state index is 12.2. The minimum atomic E-state index is -0.611. The van der Waals surface area contributed by atoms with Gasteiger partial charge in [-0.25, -0.2) is 5.43 Å². The number of amides is 1. The fourth-order valence-electron chi connectivity index (χ4n) is 2.16. The van der Waals surface area contributed by atoms with Crippen molar-refractivity contribution < 1.29 is 14.7 Å². The molecule has 0 spiro atoms. The Hall–Kier alpha value is -1.92. The largest absolute Gasteiger partial charge is 0.508 e. The number of hydrazine groups is 1. The molecule has 6 nitrogen and oxygen atoms in total. The number of ketones is 1. The van der Waals surface area contributed by atoms with Crippen molar-refractivity contribution in [2.24, 2.45) is 11.8 Å². The van der Waals surface area contributed by atoms with Crippen LogP contribution in [0.25, 0.3) is 0 Å². The molecule has 0 aromatic heterocycles. The zero-order valence-electron chi connectivity index (χ0n) is 13.3. The highest BCUT2D eigenvalue weighted by atomic mass is 16.3. The molecule has 0 saturated heterocycles. The molecule has 1 amide bonds. The number of hydrogen-bond acceptors (Lipinski definition) is 5. The molecular formula is C16H25N3O3. The van der Waals surface area contributed by atoms with E-state index in [4.69, 9.17) is 5.84 Å². The second-order valence-electron chi connectivity index (χ2n) is 5.89. The Morgan fingerprint density at radius 1 is 1.18 bits per heavy atom. The van der Waals surface area contributed by atoms with E-state index in [1.807, 2.05) is 13.8 Å². The fourth-order valence-corrected chi connectivity index (χ4v) is 2.16. The Labute approximate surface area is 131 Å². The summed E-state index contributed by atoms with van der Waals surface area (Å²) < 4.78 is 0. The molecule has 0 unspecified atom stereocenters. The summed E-state index contributed by atoms with van der Waals surface area (Å²) in [5.74, 6) is 5.48. The zero-order valence-corrected chi connectivity index (χ0v) is 13.3. The molecule has 2 atom stereocenters. The highest BCUT2D eigenvalue weighted by molar-refractivity contribution is 5.89. The number of hydrogen-bond donors (Lipinski definition) is 4. The van der Waals surface area contributed by atoms with Crippen molar-refractivity contribution >= 4 is 11.7 Å². The van der Waals surface area contributed by atoms with Gasteiger partial charge < -0.3 is 10.4 Å². The second kappa shape index (κ2) is 8.51. The number of aromatic hydroxyl groups is 1. The van der Waals surface area contributed by atoms with Gasteiger partial charge in [0.1, 0.15) is 5.75 Å². The first-order valence-electron chi connectivity index (χ1n) is 7.38. The molecule has 0 bridgehead atoms. The summed E-state index contributed by atoms with van der Waals surface area (Å²) in [7, 11) is 0. The lowest BCUT2D eigenvalue weighted by Gasteiger charge is -2.22. The lowest BCUT2D eigenvalue weighted by molar-refractivity contribution is -0.128. The van der Waals surface area contributed by atoms with Crippen molar-refractivity contribution in [3.05, 3.63) is 29.8 Å². The molecule has 0 radical (unpaired) electrons. The average Bonchev–Trinajstić information content (AvgIpc) is 2.45. The molecule has 22 heavy (non-hydrogen) atoms. The molecule has 0 saturated carbocycles. The maximum absolute atomic E-state index is 12.2. The molecule has 122 valence electrons. The summed E-state index contributed by atoms with van der Waals surface area (Å²) in [4.78, 5) is 24.0. The quantitative estimate of drug-likeness (QED) is 0.422. The highest BCUT2D eigenvalue weighted by Gasteiger charge is 2.23. The van der Waals surface area contributed by atoms with Crippen LogP contribution in [0.2, 0.25) is 0 Å². The van der Waals surface area contributed by atoms with Gasteiger partial charge in [0.25, 0.3) is 0 Å². The van der Waals surface area contributed by atoms with Crippen LogP contribution in [0.15, 0.2) is 24.3 Å². The third kappa shape index (κ3) is 5.83. The van der Waals surface area contributed by atoms with Gasteiger partial charge >= 0.3 is 0 Å². The van der Waals surface area contributed by atoms with Gasteiger partial charge in [-0.1, -0.05) is 26.0 Å². The van der Waals surface area contributed by atoms with Gasteiger partial charge in [-0.05, 0) is 43.4 Å². The summed E-state index contributed by atoms with van der Waals surface area (Å²) >= 11 is 0. The Bertz CT molecular complexity index is 500. The molecule has 0 aliphatic carbocycles. The van der Waals surface area contributed by atoms with Crippen molar-refractivity contribution in [1.82, 2.24) is 10.7 Å². The number of rotatable bonds is 8. The third-order valence-corrected chi connectivity index (χ3v) is 3.41. The van der Waals surface area contributed by atoms with E-state index in [-0.39, 0.29) is 17.4 Å². The maximum Gasteiger partial charge on any atom is 0.239 e. The first kappa shape index (κ1) is 18.1. The van der Waals surface area contributed by atoms with Gasteiger partial charge in [-0.3, -0.25) is 15.4 Å². The first-order chi connectivity index (χ1) is 10.3. The third-order valence-electron chi connectivity index (χ3n) is 3.41. The Balaban J connectivity index is 2.73. The van der Waals surface area contributed by atoms with Gasteiger partial charge in [-0.15, -0.1) is 0 Å². The molecular weight excluding hydrogens is 282 g/mol. The number of Topliss-reactive ketones (excluding diaryl/α,β-unsaturated/α-hetero) is 1. The predicted octanol–water partition coefficient (Wildman–Crippen LogP) is 0.886. The van der Waals surface area contributed by atoms with Crippen LogP contribution in [0.1, 0.15) is 32.8 Å². The summed E-state index contributed by atoms with van der Waals surface area (Å²) in [5, 5.41) is 12.0. The van der Waals surface area contributed by atoms with Crippen LogP contribution < -0.4 is 16.6 Å². The van der Waals surface area contributed by atoms with E-state index in [2.05, 4.69) is 10.7 Å². The summed E-state index contributed by atoms with van der Waals surface area (Å²) in [5.41, 5.74) is 3.35. The molecule has 0 fully saturated rings. The van der Waals surface area contributed by atoms with Crippen molar-refractivity contribution in [3.63, 3.8) is 0 Å². The second-order valence-corrected chi connectivity index (χ2v) is 5.89. The van der Waals surface area contributed by atoms with Crippen LogP contribution in [-0.2, 0) is 16.0 Å². The lowest BCUT2D eigenvalue weighted by atomic mass is 10.0. The number of carbonyl (C=O) groups excluding carboxylic acids is 2. The average molecular weight is 307 g/mol. The van der Waals surface area contributed by atoms with E-state index >= 15 is 0 Å². The van der Waals surface area contributed by atoms with E-state index < -0.39 is 12.1 Å². The summed E-state index contributed by atoms with van der Waals surface area (Å²) in [6.45, 7) is 5.44. The van der Waals surface area contributed by atoms with E-state index in [0.717, 1.165) is 5.56 Å². The number of phenols is 1. The zero-order chi connectivity index (χ0) is 16.7. The minimum Gasteiger partial charge on any atom is -0.508 e. The highest BCUT2D eigenvalue weighted by Crippen LogP contribution is 2.12. The number of phenolic OH excluding ortho intramolecular Hbond substituents is 1. The molecule has 0 aliphatic rings. The Morgan fingerprint density at radius 3 is 2.23 bits per heavy atom. The molecule has 1 aromatic rings. The van der Waals surface area contributed by atoms with Crippen LogP contribution in [-0.4, -0.2) is 28.9 Å². The monoisotopic (exact) mass is 307 g/mol. The number of benzene rings is 1.